The van der Waals surface area contributed by atoms with Gasteiger partial charge in [0.1, 0.15) is 5.82 Å². The smallest absolute Gasteiger partial charge is 0.123 e. The summed E-state index contributed by atoms with van der Waals surface area (Å²) in [6.45, 7) is 2.96. The van der Waals surface area contributed by atoms with E-state index in [9.17, 15) is 4.39 Å². The van der Waals surface area contributed by atoms with E-state index in [4.69, 9.17) is 11.6 Å². The number of likely N-dealkylation sites (N-methyl/N-ethyl adjacent to an activating group) is 1. The maximum atomic E-state index is 12.9. The molecule has 0 saturated heterocycles. The fourth-order valence-electron chi connectivity index (χ4n) is 2.11. The molecule has 0 bridgehead atoms. The van der Waals surface area contributed by atoms with Crippen LogP contribution in [-0.4, -0.2) is 6.54 Å². The van der Waals surface area contributed by atoms with Crippen LogP contribution in [0.2, 0.25) is 5.02 Å². The van der Waals surface area contributed by atoms with Crippen molar-refractivity contribution < 1.29 is 4.39 Å². The van der Waals surface area contributed by atoms with Crippen LogP contribution in [0.25, 0.3) is 0 Å². The van der Waals surface area contributed by atoms with E-state index in [-0.39, 0.29) is 11.9 Å². The molecule has 19 heavy (non-hydrogen) atoms. The molecular formula is C16H17ClFN. The molecule has 1 atom stereocenters. The Morgan fingerprint density at radius 2 is 1.68 bits per heavy atom. The van der Waals surface area contributed by atoms with E-state index >= 15 is 0 Å². The predicted molar refractivity (Wildman–Crippen MR) is 78.0 cm³/mol. The molecule has 0 aromatic heterocycles. The van der Waals surface area contributed by atoms with Crippen LogP contribution in [0, 0.1) is 5.82 Å². The minimum atomic E-state index is -0.199. The zero-order chi connectivity index (χ0) is 13.7. The summed E-state index contributed by atoms with van der Waals surface area (Å²) in [6, 6.07) is 14.7. The molecule has 0 aliphatic rings. The number of benzene rings is 2. The van der Waals surface area contributed by atoms with Gasteiger partial charge in [0, 0.05) is 11.1 Å². The van der Waals surface area contributed by atoms with Gasteiger partial charge in [-0.15, -0.1) is 0 Å². The first kappa shape index (κ1) is 14.0. The molecule has 0 aliphatic heterocycles. The molecule has 0 heterocycles. The Kier molecular flexibility index (Phi) is 4.94. The molecule has 3 heteroatoms. The van der Waals surface area contributed by atoms with E-state index in [0.29, 0.717) is 0 Å². The Morgan fingerprint density at radius 1 is 1.05 bits per heavy atom. The van der Waals surface area contributed by atoms with Crippen LogP contribution in [0.1, 0.15) is 24.1 Å². The van der Waals surface area contributed by atoms with Crippen LogP contribution in [0.4, 0.5) is 4.39 Å². The van der Waals surface area contributed by atoms with Gasteiger partial charge >= 0.3 is 0 Å². The van der Waals surface area contributed by atoms with Gasteiger partial charge < -0.3 is 5.32 Å². The maximum absolute atomic E-state index is 12.9. The first-order chi connectivity index (χ1) is 9.19. The Bertz CT molecular complexity index is 507. The standard InChI is InChI=1S/C16H17ClFN/c1-2-19-16(13-5-7-14(17)8-6-13)11-12-3-9-15(18)10-4-12/h3-10,16,19H,2,11H2,1H3. The lowest BCUT2D eigenvalue weighted by atomic mass is 9.99. The van der Waals surface area contributed by atoms with Gasteiger partial charge in [-0.3, -0.25) is 0 Å². The highest BCUT2D eigenvalue weighted by atomic mass is 35.5. The molecule has 1 N–H and O–H groups in total. The normalized spacial score (nSPS) is 12.4. The summed E-state index contributed by atoms with van der Waals surface area (Å²) in [6.07, 6.45) is 0.829. The van der Waals surface area contributed by atoms with E-state index in [1.807, 2.05) is 36.4 Å². The summed E-state index contributed by atoms with van der Waals surface area (Å²) in [5.41, 5.74) is 2.30. The number of rotatable bonds is 5. The summed E-state index contributed by atoms with van der Waals surface area (Å²) in [5.74, 6) is -0.199. The van der Waals surface area contributed by atoms with Gasteiger partial charge in [-0.05, 0) is 48.4 Å². The monoisotopic (exact) mass is 277 g/mol. The summed E-state index contributed by atoms with van der Waals surface area (Å²) in [7, 11) is 0. The van der Waals surface area contributed by atoms with Crippen LogP contribution >= 0.6 is 11.6 Å². The van der Waals surface area contributed by atoms with Crippen LogP contribution in [0.15, 0.2) is 48.5 Å². The average molecular weight is 278 g/mol. The van der Waals surface area contributed by atoms with Crippen molar-refractivity contribution in [2.45, 2.75) is 19.4 Å². The Balaban J connectivity index is 2.15. The molecule has 2 rings (SSSR count). The van der Waals surface area contributed by atoms with Crippen molar-refractivity contribution in [3.8, 4) is 0 Å². The number of hydrogen-bond donors (Lipinski definition) is 1. The Morgan fingerprint density at radius 3 is 2.26 bits per heavy atom. The summed E-state index contributed by atoms with van der Waals surface area (Å²) >= 11 is 5.91. The van der Waals surface area contributed by atoms with Crippen molar-refractivity contribution in [2.24, 2.45) is 0 Å². The zero-order valence-corrected chi connectivity index (χ0v) is 11.6. The minimum absolute atomic E-state index is 0.199. The molecular weight excluding hydrogens is 261 g/mol. The summed E-state index contributed by atoms with van der Waals surface area (Å²) < 4.78 is 12.9. The molecule has 2 aromatic carbocycles. The van der Waals surface area contributed by atoms with E-state index in [1.54, 1.807) is 0 Å². The van der Waals surface area contributed by atoms with Crippen molar-refractivity contribution in [3.63, 3.8) is 0 Å². The van der Waals surface area contributed by atoms with Crippen molar-refractivity contribution in [2.75, 3.05) is 6.54 Å². The summed E-state index contributed by atoms with van der Waals surface area (Å²) in [4.78, 5) is 0. The molecule has 1 nitrogen and oxygen atoms in total. The second-order valence-corrected chi connectivity index (χ2v) is 4.93. The third-order valence-corrected chi connectivity index (χ3v) is 3.33. The third kappa shape index (κ3) is 4.05. The van der Waals surface area contributed by atoms with Gasteiger partial charge in [0.25, 0.3) is 0 Å². The highest BCUT2D eigenvalue weighted by molar-refractivity contribution is 6.30. The van der Waals surface area contributed by atoms with Gasteiger partial charge in [0.2, 0.25) is 0 Å². The topological polar surface area (TPSA) is 12.0 Å². The maximum Gasteiger partial charge on any atom is 0.123 e. The van der Waals surface area contributed by atoms with Crippen molar-refractivity contribution in [3.05, 3.63) is 70.5 Å². The number of halogens is 2. The molecule has 2 aromatic rings. The van der Waals surface area contributed by atoms with Crippen molar-refractivity contribution in [1.29, 1.82) is 0 Å². The molecule has 1 unspecified atom stereocenters. The van der Waals surface area contributed by atoms with Crippen LogP contribution in [0.3, 0.4) is 0 Å². The highest BCUT2D eigenvalue weighted by Crippen LogP contribution is 2.20. The van der Waals surface area contributed by atoms with Gasteiger partial charge in [0.05, 0.1) is 0 Å². The molecule has 0 aliphatic carbocycles. The highest BCUT2D eigenvalue weighted by Gasteiger charge is 2.11. The fourth-order valence-corrected chi connectivity index (χ4v) is 2.23. The van der Waals surface area contributed by atoms with Crippen LogP contribution < -0.4 is 5.32 Å². The molecule has 0 spiro atoms. The number of nitrogens with one attached hydrogen (secondary N) is 1. The second-order valence-electron chi connectivity index (χ2n) is 4.49. The van der Waals surface area contributed by atoms with E-state index in [1.165, 1.54) is 17.7 Å². The number of hydrogen-bond acceptors (Lipinski definition) is 1. The first-order valence-corrected chi connectivity index (χ1v) is 6.80. The van der Waals surface area contributed by atoms with Gasteiger partial charge in [-0.25, -0.2) is 4.39 Å². The zero-order valence-electron chi connectivity index (χ0n) is 10.9. The lowest BCUT2D eigenvalue weighted by Crippen LogP contribution is -2.22. The van der Waals surface area contributed by atoms with Gasteiger partial charge in [0.15, 0.2) is 0 Å². The molecule has 0 saturated carbocycles. The van der Waals surface area contributed by atoms with Gasteiger partial charge in [-0.2, -0.15) is 0 Å². The van der Waals surface area contributed by atoms with Crippen molar-refractivity contribution in [1.82, 2.24) is 5.32 Å². The lowest BCUT2D eigenvalue weighted by molar-refractivity contribution is 0.549. The van der Waals surface area contributed by atoms with E-state index < -0.39 is 0 Å². The second kappa shape index (κ2) is 6.69. The molecule has 0 amide bonds. The average Bonchev–Trinajstić information content (AvgIpc) is 2.42. The molecule has 0 fully saturated rings. The SMILES string of the molecule is CCNC(Cc1ccc(F)cc1)c1ccc(Cl)cc1. The molecule has 0 radical (unpaired) electrons. The fraction of sp³-hybridized carbons (Fsp3) is 0.250. The predicted octanol–water partition coefficient (Wildman–Crippen LogP) is 4.37. The molecule has 100 valence electrons. The lowest BCUT2D eigenvalue weighted by Gasteiger charge is -2.18. The van der Waals surface area contributed by atoms with E-state index in [0.717, 1.165) is 23.6 Å². The Hall–Kier alpha value is -1.38. The minimum Gasteiger partial charge on any atom is -0.310 e. The largest absolute Gasteiger partial charge is 0.310 e. The van der Waals surface area contributed by atoms with Crippen LogP contribution in [-0.2, 0) is 6.42 Å². The Labute approximate surface area is 118 Å². The van der Waals surface area contributed by atoms with E-state index in [2.05, 4.69) is 12.2 Å². The first-order valence-electron chi connectivity index (χ1n) is 6.42. The third-order valence-electron chi connectivity index (χ3n) is 3.08. The summed E-state index contributed by atoms with van der Waals surface area (Å²) in [5, 5.41) is 4.18. The van der Waals surface area contributed by atoms with Crippen molar-refractivity contribution >= 4 is 11.6 Å². The van der Waals surface area contributed by atoms with Crippen LogP contribution in [0.5, 0.6) is 0 Å². The quantitative estimate of drug-likeness (QED) is 0.856. The van der Waals surface area contributed by atoms with Gasteiger partial charge in [-0.1, -0.05) is 42.8 Å².